The lowest BCUT2D eigenvalue weighted by atomic mass is 10.1. The maximum Gasteiger partial charge on any atom is 0.367 e. The van der Waals surface area contributed by atoms with Gasteiger partial charge < -0.3 is 28.6 Å². The molecule has 0 fully saturated rings. The number of rotatable bonds is 8. The zero-order chi connectivity index (χ0) is 24.9. The van der Waals surface area contributed by atoms with Crippen LogP contribution in [0.15, 0.2) is 57.9 Å². The minimum absolute atomic E-state index is 0.121. The van der Waals surface area contributed by atoms with Gasteiger partial charge in [0.2, 0.25) is 6.79 Å². The van der Waals surface area contributed by atoms with Crippen LogP contribution in [0.2, 0.25) is 0 Å². The summed E-state index contributed by atoms with van der Waals surface area (Å²) < 4.78 is 22.3. The summed E-state index contributed by atoms with van der Waals surface area (Å²) in [5.74, 6) is 0.806. The highest BCUT2D eigenvalue weighted by atomic mass is 16.7. The third kappa shape index (κ3) is 5.16. The molecule has 0 atom stereocenters. The minimum atomic E-state index is -0.502. The smallest absolute Gasteiger partial charge is 0.367 e. The van der Waals surface area contributed by atoms with E-state index in [2.05, 4.69) is 20.0 Å². The van der Waals surface area contributed by atoms with Crippen LogP contribution in [-0.4, -0.2) is 44.4 Å². The minimum Gasteiger partial charge on any atom is -0.493 e. The van der Waals surface area contributed by atoms with Crippen LogP contribution in [-0.2, 0) is 19.3 Å². The molecule has 0 unspecified atom stereocenters. The number of carbonyl (C=O) groups is 2. The van der Waals surface area contributed by atoms with Crippen LogP contribution in [0.25, 0.3) is 12.2 Å². The summed E-state index contributed by atoms with van der Waals surface area (Å²) in [6.45, 7) is 3.26. The quantitative estimate of drug-likeness (QED) is 0.320. The zero-order valence-electron chi connectivity index (χ0n) is 19.5. The molecule has 180 valence electrons. The van der Waals surface area contributed by atoms with Crippen LogP contribution < -0.4 is 18.9 Å². The SMILES string of the molecule is COc1cc(C=C2C(=O)ON=C2C)ccc1OCOc1ccc(C=C2C(=O)ON=C2C)cc1OC. The van der Waals surface area contributed by atoms with E-state index in [0.717, 1.165) is 11.1 Å². The molecule has 0 spiro atoms. The van der Waals surface area contributed by atoms with Gasteiger partial charge in [-0.1, -0.05) is 22.4 Å². The molecule has 0 saturated heterocycles. The number of benzene rings is 2. The van der Waals surface area contributed by atoms with E-state index in [9.17, 15) is 9.59 Å². The van der Waals surface area contributed by atoms with Gasteiger partial charge in [-0.3, -0.25) is 0 Å². The van der Waals surface area contributed by atoms with E-state index in [4.69, 9.17) is 18.9 Å². The summed E-state index contributed by atoms with van der Waals surface area (Å²) in [6.07, 6.45) is 3.33. The highest BCUT2D eigenvalue weighted by Gasteiger charge is 2.23. The van der Waals surface area contributed by atoms with Crippen molar-refractivity contribution in [3.63, 3.8) is 0 Å². The van der Waals surface area contributed by atoms with Crippen molar-refractivity contribution in [2.24, 2.45) is 10.3 Å². The van der Waals surface area contributed by atoms with Crippen LogP contribution in [0.5, 0.6) is 23.0 Å². The lowest BCUT2D eigenvalue weighted by Gasteiger charge is -2.14. The molecule has 0 N–H and O–H groups in total. The molecule has 0 aliphatic carbocycles. The van der Waals surface area contributed by atoms with Crippen LogP contribution in [0.4, 0.5) is 0 Å². The first-order valence-electron chi connectivity index (χ1n) is 10.5. The molecule has 2 heterocycles. The molecule has 10 nitrogen and oxygen atoms in total. The number of carbonyl (C=O) groups excluding carboxylic acids is 2. The third-order valence-corrected chi connectivity index (χ3v) is 5.18. The lowest BCUT2D eigenvalue weighted by molar-refractivity contribution is -0.137. The molecule has 2 aromatic rings. The summed E-state index contributed by atoms with van der Waals surface area (Å²) in [5, 5.41) is 7.33. The van der Waals surface area contributed by atoms with Gasteiger partial charge in [-0.15, -0.1) is 0 Å². The standard InChI is InChI=1S/C25H22N2O8/c1-14-18(24(28)34-26-14)9-16-5-7-20(22(11-16)30-3)32-13-33-21-8-6-17(12-23(21)31-4)10-19-15(2)27-35-25(19)29/h5-12H,13H2,1-4H3. The Bertz CT molecular complexity index is 1210. The molecule has 2 aromatic carbocycles. The van der Waals surface area contributed by atoms with Gasteiger partial charge in [0.05, 0.1) is 36.8 Å². The fraction of sp³-hybridized carbons (Fsp3) is 0.200. The molecule has 35 heavy (non-hydrogen) atoms. The molecule has 4 rings (SSSR count). The Balaban J connectivity index is 1.44. The molecule has 0 aromatic heterocycles. The van der Waals surface area contributed by atoms with Gasteiger partial charge in [0, 0.05) is 0 Å². The summed E-state index contributed by atoms with van der Waals surface area (Å²) in [6, 6.07) is 10.4. The predicted molar refractivity (Wildman–Crippen MR) is 126 cm³/mol. The maximum absolute atomic E-state index is 11.8. The number of nitrogens with zero attached hydrogens (tertiary/aromatic N) is 2. The normalized spacial score (nSPS) is 17.1. The van der Waals surface area contributed by atoms with Crippen molar-refractivity contribution in [2.75, 3.05) is 21.0 Å². The fourth-order valence-electron chi connectivity index (χ4n) is 3.31. The highest BCUT2D eigenvalue weighted by molar-refractivity contribution is 6.24. The summed E-state index contributed by atoms with van der Waals surface area (Å²) >= 11 is 0. The van der Waals surface area contributed by atoms with Gasteiger partial charge in [-0.2, -0.15) is 0 Å². The van der Waals surface area contributed by atoms with Crippen molar-refractivity contribution in [1.82, 2.24) is 0 Å². The molecule has 0 bridgehead atoms. The first-order chi connectivity index (χ1) is 16.9. The van der Waals surface area contributed by atoms with Gasteiger partial charge in [-0.25, -0.2) is 9.59 Å². The van der Waals surface area contributed by atoms with Gasteiger partial charge in [0.25, 0.3) is 0 Å². The largest absolute Gasteiger partial charge is 0.493 e. The van der Waals surface area contributed by atoms with E-state index < -0.39 is 11.9 Å². The third-order valence-electron chi connectivity index (χ3n) is 5.18. The Hall–Kier alpha value is -4.60. The molecule has 2 aliphatic rings. The Labute approximate surface area is 201 Å². The van der Waals surface area contributed by atoms with Crippen LogP contribution in [0.1, 0.15) is 25.0 Å². The van der Waals surface area contributed by atoms with E-state index in [0.29, 0.717) is 45.6 Å². The molecule has 10 heteroatoms. The maximum atomic E-state index is 11.8. The van der Waals surface area contributed by atoms with Gasteiger partial charge >= 0.3 is 11.9 Å². The van der Waals surface area contributed by atoms with E-state index in [1.807, 2.05) is 0 Å². The average molecular weight is 478 g/mol. The second-order valence-electron chi connectivity index (χ2n) is 7.45. The van der Waals surface area contributed by atoms with Crippen LogP contribution in [0, 0.1) is 0 Å². The topological polar surface area (TPSA) is 114 Å². The van der Waals surface area contributed by atoms with E-state index in [1.54, 1.807) is 62.4 Å². The number of hydrogen-bond acceptors (Lipinski definition) is 10. The van der Waals surface area contributed by atoms with Crippen molar-refractivity contribution >= 4 is 35.5 Å². The Morgan fingerprint density at radius 2 is 1.14 bits per heavy atom. The Morgan fingerprint density at radius 1 is 0.714 bits per heavy atom. The van der Waals surface area contributed by atoms with Crippen molar-refractivity contribution in [1.29, 1.82) is 0 Å². The van der Waals surface area contributed by atoms with Crippen LogP contribution >= 0.6 is 0 Å². The van der Waals surface area contributed by atoms with E-state index in [1.165, 1.54) is 14.2 Å². The van der Waals surface area contributed by atoms with Crippen molar-refractivity contribution < 1.29 is 38.2 Å². The van der Waals surface area contributed by atoms with Crippen molar-refractivity contribution in [2.45, 2.75) is 13.8 Å². The number of ether oxygens (including phenoxy) is 4. The summed E-state index contributed by atoms with van der Waals surface area (Å²) in [4.78, 5) is 32.8. The van der Waals surface area contributed by atoms with Crippen molar-refractivity contribution in [3.05, 3.63) is 58.7 Å². The lowest BCUT2D eigenvalue weighted by Crippen LogP contribution is -2.08. The Kier molecular flexibility index (Phi) is 6.81. The average Bonchev–Trinajstić information content (AvgIpc) is 3.35. The van der Waals surface area contributed by atoms with Gasteiger partial charge in [0.15, 0.2) is 23.0 Å². The summed E-state index contributed by atoms with van der Waals surface area (Å²) in [5.41, 5.74) is 3.20. The molecule has 0 amide bonds. The molecule has 0 saturated carbocycles. The molecular weight excluding hydrogens is 456 g/mol. The first-order valence-corrected chi connectivity index (χ1v) is 10.5. The predicted octanol–water partition coefficient (Wildman–Crippen LogP) is 3.75. The number of oxime groups is 2. The van der Waals surface area contributed by atoms with Gasteiger partial charge in [-0.05, 0) is 61.4 Å². The van der Waals surface area contributed by atoms with E-state index in [-0.39, 0.29) is 6.79 Å². The summed E-state index contributed by atoms with van der Waals surface area (Å²) in [7, 11) is 3.03. The first kappa shape index (κ1) is 23.6. The van der Waals surface area contributed by atoms with Gasteiger partial charge in [0.1, 0.15) is 0 Å². The van der Waals surface area contributed by atoms with E-state index >= 15 is 0 Å². The fourth-order valence-corrected chi connectivity index (χ4v) is 3.31. The van der Waals surface area contributed by atoms with Crippen molar-refractivity contribution in [3.8, 4) is 23.0 Å². The highest BCUT2D eigenvalue weighted by Crippen LogP contribution is 2.32. The Morgan fingerprint density at radius 3 is 1.49 bits per heavy atom. The number of hydrogen-bond donors (Lipinski definition) is 0. The second kappa shape index (κ2) is 10.1. The molecule has 2 aliphatic heterocycles. The second-order valence-corrected chi connectivity index (χ2v) is 7.45. The molecule has 0 radical (unpaired) electrons. The monoisotopic (exact) mass is 478 g/mol. The van der Waals surface area contributed by atoms with Crippen LogP contribution in [0.3, 0.4) is 0 Å². The number of methoxy groups -OCH3 is 2. The molecular formula is C25H22N2O8. The zero-order valence-corrected chi connectivity index (χ0v) is 19.5.